The van der Waals surface area contributed by atoms with E-state index in [4.69, 9.17) is 9.52 Å². The molecule has 0 fully saturated rings. The van der Waals surface area contributed by atoms with Gasteiger partial charge in [-0.3, -0.25) is 0 Å². The number of aromatic nitrogens is 3. The first-order chi connectivity index (χ1) is 6.27. The van der Waals surface area contributed by atoms with Crippen LogP contribution in [0.5, 0.6) is 0 Å². The summed E-state index contributed by atoms with van der Waals surface area (Å²) >= 11 is 0. The highest BCUT2D eigenvalue weighted by Gasteiger charge is 2.09. The van der Waals surface area contributed by atoms with Gasteiger partial charge in [0.05, 0.1) is 6.26 Å². The minimum absolute atomic E-state index is 0.235. The fourth-order valence-electron chi connectivity index (χ4n) is 0.873. The Morgan fingerprint density at radius 3 is 3.00 bits per heavy atom. The zero-order chi connectivity index (χ0) is 9.26. The van der Waals surface area contributed by atoms with Crippen LogP contribution >= 0.6 is 0 Å². The number of carboxylic acid groups (broad SMARTS) is 1. The third kappa shape index (κ3) is 1.28. The minimum atomic E-state index is -1.15. The Labute approximate surface area is 72.4 Å². The summed E-state index contributed by atoms with van der Waals surface area (Å²) in [5, 5.41) is 12.2. The third-order valence-corrected chi connectivity index (χ3v) is 1.45. The van der Waals surface area contributed by atoms with Gasteiger partial charge in [0.1, 0.15) is 18.3 Å². The van der Waals surface area contributed by atoms with Crippen LogP contribution in [0.3, 0.4) is 0 Å². The second kappa shape index (κ2) is 2.74. The molecular weight excluding hydrogens is 174 g/mol. The van der Waals surface area contributed by atoms with Gasteiger partial charge >= 0.3 is 5.97 Å². The van der Waals surface area contributed by atoms with Gasteiger partial charge in [0.15, 0.2) is 0 Å². The number of aromatic carboxylic acids is 1. The second-order valence-electron chi connectivity index (χ2n) is 2.30. The predicted molar refractivity (Wildman–Crippen MR) is 40.6 cm³/mol. The molecule has 1 N–H and O–H groups in total. The lowest BCUT2D eigenvalue weighted by atomic mass is 10.5. The molecule has 0 atom stereocenters. The molecule has 0 radical (unpaired) electrons. The first-order valence-corrected chi connectivity index (χ1v) is 3.45. The monoisotopic (exact) mass is 179 g/mol. The molecule has 0 aromatic carbocycles. The molecular formula is C7H5N3O3. The van der Waals surface area contributed by atoms with Crippen LogP contribution in [0.15, 0.2) is 29.3 Å². The van der Waals surface area contributed by atoms with Gasteiger partial charge < -0.3 is 9.52 Å². The average Bonchev–Trinajstić information content (AvgIpc) is 2.75. The summed E-state index contributed by atoms with van der Waals surface area (Å²) < 4.78 is 6.13. The Balaban J connectivity index is 2.39. The maximum atomic E-state index is 10.4. The van der Waals surface area contributed by atoms with Gasteiger partial charge in [-0.15, -0.1) is 5.10 Å². The van der Waals surface area contributed by atoms with Crippen molar-refractivity contribution >= 4 is 5.97 Å². The molecule has 0 saturated heterocycles. The minimum Gasteiger partial charge on any atom is -0.475 e. The maximum absolute atomic E-state index is 10.4. The average molecular weight is 179 g/mol. The molecule has 0 unspecified atom stereocenters. The van der Waals surface area contributed by atoms with Crippen LogP contribution in [-0.4, -0.2) is 25.8 Å². The van der Waals surface area contributed by atoms with E-state index in [0.717, 1.165) is 0 Å². The summed E-state index contributed by atoms with van der Waals surface area (Å²) in [6, 6.07) is 1.65. The number of hydrogen-bond acceptors (Lipinski definition) is 4. The molecule has 2 aromatic rings. The molecule has 66 valence electrons. The van der Waals surface area contributed by atoms with Crippen LogP contribution in [0.4, 0.5) is 0 Å². The third-order valence-electron chi connectivity index (χ3n) is 1.45. The molecule has 0 aliphatic rings. The zero-order valence-corrected chi connectivity index (χ0v) is 6.41. The topological polar surface area (TPSA) is 81.1 Å². The highest BCUT2D eigenvalue weighted by atomic mass is 16.4. The van der Waals surface area contributed by atoms with E-state index in [-0.39, 0.29) is 5.82 Å². The van der Waals surface area contributed by atoms with Crippen LogP contribution in [0.25, 0.3) is 5.69 Å². The van der Waals surface area contributed by atoms with Gasteiger partial charge in [0.2, 0.25) is 0 Å². The van der Waals surface area contributed by atoms with Crippen molar-refractivity contribution in [3.05, 3.63) is 30.7 Å². The lowest BCUT2D eigenvalue weighted by Crippen LogP contribution is -2.01. The molecule has 2 rings (SSSR count). The van der Waals surface area contributed by atoms with Crippen molar-refractivity contribution in [2.75, 3.05) is 0 Å². The number of carbonyl (C=O) groups is 1. The summed E-state index contributed by atoms with van der Waals surface area (Å²) in [5.74, 6) is -1.39. The number of nitrogens with zero attached hydrogens (tertiary/aromatic N) is 3. The first-order valence-electron chi connectivity index (χ1n) is 3.45. The van der Waals surface area contributed by atoms with Crippen molar-refractivity contribution in [2.24, 2.45) is 0 Å². The SMILES string of the molecule is O=C(O)c1ncn(-c2ccoc2)n1. The van der Waals surface area contributed by atoms with Gasteiger partial charge in [0, 0.05) is 6.07 Å². The summed E-state index contributed by atoms with van der Waals surface area (Å²) in [7, 11) is 0. The van der Waals surface area contributed by atoms with Gasteiger partial charge in [0.25, 0.3) is 5.82 Å². The molecule has 0 aliphatic heterocycles. The molecule has 6 heteroatoms. The Kier molecular flexibility index (Phi) is 1.59. The van der Waals surface area contributed by atoms with Crippen molar-refractivity contribution in [1.29, 1.82) is 0 Å². The van der Waals surface area contributed by atoms with Crippen molar-refractivity contribution < 1.29 is 14.3 Å². The molecule has 0 amide bonds. The van der Waals surface area contributed by atoms with Crippen LogP contribution in [0, 0.1) is 0 Å². The van der Waals surface area contributed by atoms with Crippen LogP contribution < -0.4 is 0 Å². The Bertz CT molecular complexity index is 418. The highest BCUT2D eigenvalue weighted by Crippen LogP contribution is 2.05. The molecule has 6 nitrogen and oxygen atoms in total. The van der Waals surface area contributed by atoms with Gasteiger partial charge in [-0.05, 0) is 0 Å². The predicted octanol–water partition coefficient (Wildman–Crippen LogP) is 0.558. The molecule has 0 saturated carbocycles. The van der Waals surface area contributed by atoms with Crippen LogP contribution in [0.2, 0.25) is 0 Å². The molecule has 0 bridgehead atoms. The highest BCUT2D eigenvalue weighted by molar-refractivity contribution is 5.82. The number of hydrogen-bond donors (Lipinski definition) is 1. The Morgan fingerprint density at radius 2 is 2.46 bits per heavy atom. The fraction of sp³-hybridized carbons (Fsp3) is 0. The Morgan fingerprint density at radius 1 is 1.62 bits per heavy atom. The lowest BCUT2D eigenvalue weighted by Gasteiger charge is -1.90. The second-order valence-corrected chi connectivity index (χ2v) is 2.30. The van der Waals surface area contributed by atoms with E-state index in [1.54, 1.807) is 6.07 Å². The zero-order valence-electron chi connectivity index (χ0n) is 6.41. The largest absolute Gasteiger partial charge is 0.475 e. The molecule has 13 heavy (non-hydrogen) atoms. The molecule has 0 aliphatic carbocycles. The fourth-order valence-corrected chi connectivity index (χ4v) is 0.873. The van der Waals surface area contributed by atoms with Gasteiger partial charge in [-0.2, -0.15) is 0 Å². The van der Waals surface area contributed by atoms with E-state index in [1.165, 1.54) is 23.5 Å². The van der Waals surface area contributed by atoms with Gasteiger partial charge in [-0.25, -0.2) is 14.5 Å². The maximum Gasteiger partial charge on any atom is 0.375 e. The number of carboxylic acids is 1. The Hall–Kier alpha value is -2.11. The summed E-state index contributed by atoms with van der Waals surface area (Å²) in [6.07, 6.45) is 4.23. The normalized spacial score (nSPS) is 10.2. The molecule has 2 aromatic heterocycles. The standard InChI is InChI=1S/C7H5N3O3/c11-7(12)6-8-4-10(9-6)5-1-2-13-3-5/h1-4H,(H,11,12). The van der Waals surface area contributed by atoms with E-state index in [9.17, 15) is 4.79 Å². The summed E-state index contributed by atoms with van der Waals surface area (Å²) in [6.45, 7) is 0. The van der Waals surface area contributed by atoms with Crippen molar-refractivity contribution in [3.63, 3.8) is 0 Å². The molecule has 0 spiro atoms. The van der Waals surface area contributed by atoms with Crippen LogP contribution in [-0.2, 0) is 0 Å². The van der Waals surface area contributed by atoms with E-state index in [1.807, 2.05) is 0 Å². The number of rotatable bonds is 2. The van der Waals surface area contributed by atoms with Crippen LogP contribution in [0.1, 0.15) is 10.6 Å². The molecule has 2 heterocycles. The van der Waals surface area contributed by atoms with Crippen molar-refractivity contribution in [2.45, 2.75) is 0 Å². The van der Waals surface area contributed by atoms with E-state index in [2.05, 4.69) is 10.1 Å². The van der Waals surface area contributed by atoms with Crippen molar-refractivity contribution in [1.82, 2.24) is 14.8 Å². The van der Waals surface area contributed by atoms with Crippen molar-refractivity contribution in [3.8, 4) is 5.69 Å². The van der Waals surface area contributed by atoms with E-state index < -0.39 is 5.97 Å². The quantitative estimate of drug-likeness (QED) is 0.728. The lowest BCUT2D eigenvalue weighted by molar-refractivity contribution is 0.0683. The first kappa shape index (κ1) is 7.53. The summed E-state index contributed by atoms with van der Waals surface area (Å²) in [4.78, 5) is 14.0. The number of furan rings is 1. The van der Waals surface area contributed by atoms with Gasteiger partial charge in [-0.1, -0.05) is 0 Å². The van der Waals surface area contributed by atoms with E-state index in [0.29, 0.717) is 5.69 Å². The smallest absolute Gasteiger partial charge is 0.375 e. The summed E-state index contributed by atoms with van der Waals surface area (Å²) in [5.41, 5.74) is 0.639. The van der Waals surface area contributed by atoms with E-state index >= 15 is 0 Å².